The van der Waals surface area contributed by atoms with Crippen LogP contribution in [0.15, 0.2) is 29.2 Å². The average Bonchev–Trinajstić information content (AvgIpc) is 3.00. The molecule has 0 spiro atoms. The van der Waals surface area contributed by atoms with Gasteiger partial charge in [-0.1, -0.05) is 17.7 Å². The smallest absolute Gasteiger partial charge is 0.208 e. The maximum atomic E-state index is 12.2. The van der Waals surface area contributed by atoms with Crippen molar-refractivity contribution in [2.45, 2.75) is 29.5 Å². The Morgan fingerprint density at radius 1 is 1.25 bits per heavy atom. The van der Waals surface area contributed by atoms with Crippen LogP contribution in [0.2, 0.25) is 0 Å². The molecule has 0 heterocycles. The van der Waals surface area contributed by atoms with Gasteiger partial charge in [0.2, 0.25) is 16.2 Å². The van der Waals surface area contributed by atoms with Gasteiger partial charge in [-0.25, -0.2) is 8.42 Å². The molecule has 5 heteroatoms. The third-order valence-electron chi connectivity index (χ3n) is 2.87. The molecule has 86 valence electrons. The van der Waals surface area contributed by atoms with Crippen molar-refractivity contribution < 1.29 is 13.2 Å². The molecule has 0 radical (unpaired) electrons. The maximum absolute atomic E-state index is 12.2. The van der Waals surface area contributed by atoms with Crippen molar-refractivity contribution in [1.29, 1.82) is 0 Å². The highest BCUT2D eigenvalue weighted by molar-refractivity contribution is 7.93. The number of aryl methyl sites for hydroxylation is 1. The quantitative estimate of drug-likeness (QED) is 0.797. The normalized spacial score (nSPS) is 17.8. The monoisotopic (exact) mass is 239 g/mol. The van der Waals surface area contributed by atoms with Gasteiger partial charge in [0, 0.05) is 0 Å². The van der Waals surface area contributed by atoms with E-state index in [0.717, 1.165) is 5.56 Å². The highest BCUT2D eigenvalue weighted by Crippen LogP contribution is 2.43. The van der Waals surface area contributed by atoms with Gasteiger partial charge < -0.3 is 5.32 Å². The summed E-state index contributed by atoms with van der Waals surface area (Å²) in [6.07, 6.45) is 1.43. The minimum absolute atomic E-state index is 0.268. The van der Waals surface area contributed by atoms with Crippen molar-refractivity contribution in [3.63, 3.8) is 0 Å². The Balaban J connectivity index is 2.40. The second kappa shape index (κ2) is 3.59. The van der Waals surface area contributed by atoms with Gasteiger partial charge in [0.05, 0.1) is 4.90 Å². The lowest BCUT2D eigenvalue weighted by molar-refractivity contribution is -0.109. The van der Waals surface area contributed by atoms with Gasteiger partial charge in [-0.3, -0.25) is 4.79 Å². The molecule has 0 saturated heterocycles. The standard InChI is InChI=1S/C11H13NO3S/c1-9-2-4-10(5-3-9)16(14,15)11(6-7-11)12-8-13/h2-5,8H,6-7H2,1H3,(H,12,13). The summed E-state index contributed by atoms with van der Waals surface area (Å²) in [5, 5.41) is 2.42. The van der Waals surface area contributed by atoms with Crippen LogP contribution in [0, 0.1) is 6.92 Å². The van der Waals surface area contributed by atoms with Crippen LogP contribution >= 0.6 is 0 Å². The molecule has 1 aliphatic carbocycles. The number of hydrogen-bond acceptors (Lipinski definition) is 3. The van der Waals surface area contributed by atoms with E-state index in [4.69, 9.17) is 0 Å². The molecule has 0 unspecified atom stereocenters. The summed E-state index contributed by atoms with van der Waals surface area (Å²) in [6.45, 7) is 1.90. The number of benzene rings is 1. The third-order valence-corrected chi connectivity index (χ3v) is 5.32. The number of hydrogen-bond donors (Lipinski definition) is 1. The molecule has 1 amide bonds. The average molecular weight is 239 g/mol. The largest absolute Gasteiger partial charge is 0.339 e. The molecular weight excluding hydrogens is 226 g/mol. The molecular formula is C11H13NO3S. The highest BCUT2D eigenvalue weighted by Gasteiger charge is 2.55. The topological polar surface area (TPSA) is 63.2 Å². The van der Waals surface area contributed by atoms with Crippen LogP contribution in [0.1, 0.15) is 18.4 Å². The number of amides is 1. The first-order chi connectivity index (χ1) is 7.52. The van der Waals surface area contributed by atoms with Gasteiger partial charge >= 0.3 is 0 Å². The lowest BCUT2D eigenvalue weighted by Crippen LogP contribution is -2.38. The Morgan fingerprint density at radius 2 is 1.81 bits per heavy atom. The summed E-state index contributed by atoms with van der Waals surface area (Å²) in [4.78, 5) is 9.63. The van der Waals surface area contributed by atoms with E-state index in [-0.39, 0.29) is 4.90 Å². The zero-order valence-corrected chi connectivity index (χ0v) is 9.75. The number of rotatable bonds is 4. The zero-order valence-electron chi connectivity index (χ0n) is 8.93. The fraction of sp³-hybridized carbons (Fsp3) is 0.364. The summed E-state index contributed by atoms with van der Waals surface area (Å²) < 4.78 is 24.4. The van der Waals surface area contributed by atoms with E-state index in [9.17, 15) is 13.2 Å². The van der Waals surface area contributed by atoms with Crippen LogP contribution in [-0.4, -0.2) is 19.7 Å². The fourth-order valence-corrected chi connectivity index (χ4v) is 3.44. The summed E-state index contributed by atoms with van der Waals surface area (Å²) >= 11 is 0. The second-order valence-corrected chi connectivity index (χ2v) is 6.33. The lowest BCUT2D eigenvalue weighted by atomic mass is 10.2. The van der Waals surface area contributed by atoms with E-state index in [1.54, 1.807) is 24.3 Å². The third kappa shape index (κ3) is 1.61. The van der Waals surface area contributed by atoms with Crippen molar-refractivity contribution in [1.82, 2.24) is 5.32 Å². The lowest BCUT2D eigenvalue weighted by Gasteiger charge is -2.15. The Hall–Kier alpha value is -1.36. The molecule has 4 nitrogen and oxygen atoms in total. The molecule has 0 bridgehead atoms. The van der Waals surface area contributed by atoms with Gasteiger partial charge in [0.1, 0.15) is 4.87 Å². The van der Waals surface area contributed by atoms with E-state index in [2.05, 4.69) is 5.32 Å². The van der Waals surface area contributed by atoms with Crippen LogP contribution in [0.25, 0.3) is 0 Å². The molecule has 0 aromatic heterocycles. The summed E-state index contributed by atoms with van der Waals surface area (Å²) in [6, 6.07) is 6.67. The minimum atomic E-state index is -3.45. The van der Waals surface area contributed by atoms with Crippen LogP contribution < -0.4 is 5.32 Å². The van der Waals surface area contributed by atoms with E-state index in [1.807, 2.05) is 6.92 Å². The summed E-state index contributed by atoms with van der Waals surface area (Å²) in [7, 11) is -3.45. The predicted molar refractivity (Wildman–Crippen MR) is 59.5 cm³/mol. The SMILES string of the molecule is Cc1ccc(S(=O)(=O)C2(NC=O)CC2)cc1. The van der Waals surface area contributed by atoms with Crippen molar-refractivity contribution in [2.75, 3.05) is 0 Å². The molecule has 2 rings (SSSR count). The molecule has 1 aromatic rings. The first-order valence-electron chi connectivity index (χ1n) is 5.04. The van der Waals surface area contributed by atoms with E-state index < -0.39 is 14.7 Å². The van der Waals surface area contributed by atoms with Gasteiger partial charge in [-0.2, -0.15) is 0 Å². The first kappa shape index (κ1) is 11.1. The Labute approximate surface area is 94.6 Å². The second-order valence-electron chi connectivity index (χ2n) is 4.07. The van der Waals surface area contributed by atoms with Gasteiger partial charge in [0.15, 0.2) is 0 Å². The highest BCUT2D eigenvalue weighted by atomic mass is 32.2. The molecule has 1 aliphatic rings. The van der Waals surface area contributed by atoms with Crippen LogP contribution in [0.4, 0.5) is 0 Å². The van der Waals surface area contributed by atoms with E-state index >= 15 is 0 Å². The Morgan fingerprint density at radius 3 is 2.25 bits per heavy atom. The van der Waals surface area contributed by atoms with Crippen LogP contribution in [-0.2, 0) is 14.6 Å². The van der Waals surface area contributed by atoms with Gasteiger partial charge in [-0.05, 0) is 31.9 Å². The molecule has 1 aromatic carbocycles. The van der Waals surface area contributed by atoms with Crippen LogP contribution in [0.3, 0.4) is 0 Å². The van der Waals surface area contributed by atoms with Gasteiger partial charge in [0.25, 0.3) is 0 Å². The molecule has 0 aliphatic heterocycles. The Kier molecular flexibility index (Phi) is 2.50. The molecule has 0 atom stereocenters. The molecule has 16 heavy (non-hydrogen) atoms. The molecule has 1 fully saturated rings. The molecule has 1 saturated carbocycles. The molecule has 1 N–H and O–H groups in total. The summed E-state index contributed by atoms with van der Waals surface area (Å²) in [5.41, 5.74) is 1.01. The number of carbonyl (C=O) groups excluding carboxylic acids is 1. The zero-order chi connectivity index (χ0) is 11.8. The predicted octanol–water partition coefficient (Wildman–Crippen LogP) is 1.00. The summed E-state index contributed by atoms with van der Waals surface area (Å²) in [5.74, 6) is 0. The van der Waals surface area contributed by atoms with Crippen LogP contribution in [0.5, 0.6) is 0 Å². The minimum Gasteiger partial charge on any atom is -0.339 e. The van der Waals surface area contributed by atoms with Crippen molar-refractivity contribution in [2.24, 2.45) is 0 Å². The number of carbonyl (C=O) groups is 1. The Bertz CT molecular complexity index is 501. The number of sulfone groups is 1. The van der Waals surface area contributed by atoms with E-state index in [1.165, 1.54) is 0 Å². The number of nitrogens with one attached hydrogen (secondary N) is 1. The van der Waals surface area contributed by atoms with Crippen molar-refractivity contribution in [3.8, 4) is 0 Å². The van der Waals surface area contributed by atoms with E-state index in [0.29, 0.717) is 19.3 Å². The van der Waals surface area contributed by atoms with Crippen molar-refractivity contribution in [3.05, 3.63) is 29.8 Å². The van der Waals surface area contributed by atoms with Crippen molar-refractivity contribution >= 4 is 16.2 Å². The fourth-order valence-electron chi connectivity index (χ4n) is 1.65. The maximum Gasteiger partial charge on any atom is 0.208 e. The van der Waals surface area contributed by atoms with Gasteiger partial charge in [-0.15, -0.1) is 0 Å². The first-order valence-corrected chi connectivity index (χ1v) is 6.53.